The lowest BCUT2D eigenvalue weighted by molar-refractivity contribution is -0.142. The summed E-state index contributed by atoms with van der Waals surface area (Å²) in [5, 5.41) is 19.3. The van der Waals surface area contributed by atoms with Crippen molar-refractivity contribution in [2.24, 2.45) is 33.5 Å². The lowest BCUT2D eigenvalue weighted by Crippen LogP contribution is -2.54. The summed E-state index contributed by atoms with van der Waals surface area (Å²) in [6, 6.07) is -0.000926. The quantitative estimate of drug-likeness (QED) is 0.567. The van der Waals surface area contributed by atoms with Gasteiger partial charge >= 0.3 is 0 Å². The second-order valence-corrected chi connectivity index (χ2v) is 8.31. The number of carbonyl (C=O) groups is 1. The molecule has 3 aliphatic heterocycles. The standard InChI is InChI=1S/C19H31N5O4/c20-17-14-8-12(10-25)13(11-26)9-15(14)21-19(22-17)24-5-3-23(4-6-24)18(27)16-2-1-7-28-16/h12-16,25-26H,1-11H2,(H2,20,21,22). The molecule has 0 aromatic carbocycles. The highest BCUT2D eigenvalue weighted by Gasteiger charge is 2.41. The monoisotopic (exact) mass is 393 g/mol. The second kappa shape index (κ2) is 8.34. The van der Waals surface area contributed by atoms with Crippen LogP contribution in [0.15, 0.2) is 9.98 Å². The predicted molar refractivity (Wildman–Crippen MR) is 104 cm³/mol. The van der Waals surface area contributed by atoms with Crippen LogP contribution in [0.25, 0.3) is 0 Å². The van der Waals surface area contributed by atoms with Crippen LogP contribution in [0.2, 0.25) is 0 Å². The minimum atomic E-state index is -0.273. The van der Waals surface area contributed by atoms with Crippen molar-refractivity contribution in [1.82, 2.24) is 9.80 Å². The maximum Gasteiger partial charge on any atom is 0.251 e. The van der Waals surface area contributed by atoms with E-state index in [9.17, 15) is 15.0 Å². The van der Waals surface area contributed by atoms with E-state index in [1.165, 1.54) is 0 Å². The molecular weight excluding hydrogens is 362 g/mol. The third-order valence-electron chi connectivity index (χ3n) is 6.67. The minimum absolute atomic E-state index is 0.000926. The summed E-state index contributed by atoms with van der Waals surface area (Å²) < 4.78 is 5.52. The maximum atomic E-state index is 12.5. The molecule has 0 aromatic heterocycles. The van der Waals surface area contributed by atoms with E-state index in [1.807, 2.05) is 4.90 Å². The van der Waals surface area contributed by atoms with Crippen molar-refractivity contribution >= 4 is 17.7 Å². The molecule has 0 aromatic rings. The van der Waals surface area contributed by atoms with Crippen molar-refractivity contribution in [3.63, 3.8) is 0 Å². The zero-order chi connectivity index (χ0) is 19.7. The van der Waals surface area contributed by atoms with E-state index in [0.29, 0.717) is 57.4 Å². The minimum Gasteiger partial charge on any atom is -0.396 e. The fourth-order valence-corrected chi connectivity index (χ4v) is 4.88. The van der Waals surface area contributed by atoms with E-state index in [0.717, 1.165) is 12.8 Å². The van der Waals surface area contributed by atoms with Crippen LogP contribution in [0.5, 0.6) is 0 Å². The van der Waals surface area contributed by atoms with Crippen LogP contribution in [0, 0.1) is 17.8 Å². The fraction of sp³-hybridized carbons (Fsp3) is 0.842. The lowest BCUT2D eigenvalue weighted by Gasteiger charge is -2.42. The van der Waals surface area contributed by atoms with Gasteiger partial charge in [-0.2, -0.15) is 0 Å². The van der Waals surface area contributed by atoms with E-state index in [-0.39, 0.29) is 49.0 Å². The largest absolute Gasteiger partial charge is 0.396 e. The van der Waals surface area contributed by atoms with Crippen LogP contribution in [-0.4, -0.2) is 95.9 Å². The number of fused-ring (bicyclic) bond motifs is 1. The topological polar surface area (TPSA) is 124 Å². The third kappa shape index (κ3) is 3.75. The Labute approximate surface area is 165 Å². The molecule has 2 saturated heterocycles. The van der Waals surface area contributed by atoms with Gasteiger partial charge in [-0.15, -0.1) is 0 Å². The van der Waals surface area contributed by atoms with Gasteiger partial charge in [0, 0.05) is 51.9 Å². The first-order valence-electron chi connectivity index (χ1n) is 10.4. The van der Waals surface area contributed by atoms with Gasteiger partial charge in [-0.25, -0.2) is 9.98 Å². The first-order valence-corrected chi connectivity index (χ1v) is 10.4. The summed E-state index contributed by atoms with van der Waals surface area (Å²) in [7, 11) is 0. The molecular formula is C19H31N5O4. The van der Waals surface area contributed by atoms with Crippen molar-refractivity contribution in [3.8, 4) is 0 Å². The molecule has 1 aliphatic carbocycles. The van der Waals surface area contributed by atoms with Crippen molar-refractivity contribution < 1.29 is 19.7 Å². The summed E-state index contributed by atoms with van der Waals surface area (Å²) in [4.78, 5) is 25.9. The number of hydrogen-bond acceptors (Lipinski definition) is 8. The average molecular weight is 393 g/mol. The van der Waals surface area contributed by atoms with Crippen LogP contribution < -0.4 is 5.73 Å². The van der Waals surface area contributed by atoms with Gasteiger partial charge in [-0.05, 0) is 37.5 Å². The number of rotatable bonds is 3. The normalized spacial score (nSPS) is 36.0. The van der Waals surface area contributed by atoms with Gasteiger partial charge in [0.05, 0.1) is 6.04 Å². The van der Waals surface area contributed by atoms with Crippen molar-refractivity contribution in [3.05, 3.63) is 0 Å². The Bertz CT molecular complexity index is 640. The van der Waals surface area contributed by atoms with E-state index < -0.39 is 0 Å². The van der Waals surface area contributed by atoms with E-state index in [1.54, 1.807) is 0 Å². The molecule has 28 heavy (non-hydrogen) atoms. The molecule has 0 bridgehead atoms. The Morgan fingerprint density at radius 1 is 1.14 bits per heavy atom. The van der Waals surface area contributed by atoms with Crippen LogP contribution in [-0.2, 0) is 9.53 Å². The average Bonchev–Trinajstić information content (AvgIpc) is 3.27. The zero-order valence-corrected chi connectivity index (χ0v) is 16.2. The fourth-order valence-electron chi connectivity index (χ4n) is 4.88. The van der Waals surface area contributed by atoms with Crippen LogP contribution in [0.1, 0.15) is 25.7 Å². The van der Waals surface area contributed by atoms with Crippen LogP contribution in [0.4, 0.5) is 0 Å². The van der Waals surface area contributed by atoms with Gasteiger partial charge in [0.15, 0.2) is 0 Å². The predicted octanol–water partition coefficient (Wildman–Crippen LogP) is -0.968. The highest BCUT2D eigenvalue weighted by molar-refractivity contribution is 5.99. The Morgan fingerprint density at radius 3 is 2.50 bits per heavy atom. The number of ether oxygens (including phenoxy) is 1. The first kappa shape index (κ1) is 19.6. The number of carbonyl (C=O) groups excluding carboxylic acids is 1. The van der Waals surface area contributed by atoms with Crippen LogP contribution in [0.3, 0.4) is 0 Å². The molecule has 4 aliphatic rings. The molecule has 9 heteroatoms. The van der Waals surface area contributed by atoms with Crippen molar-refractivity contribution in [2.75, 3.05) is 46.0 Å². The highest BCUT2D eigenvalue weighted by atomic mass is 16.5. The molecule has 5 unspecified atom stereocenters. The van der Waals surface area contributed by atoms with Crippen LogP contribution >= 0.6 is 0 Å². The molecule has 4 rings (SSSR count). The molecule has 1 saturated carbocycles. The summed E-state index contributed by atoms with van der Waals surface area (Å²) in [5.74, 6) is 1.43. The molecule has 4 N–H and O–H groups in total. The number of aliphatic hydroxyl groups excluding tert-OH is 2. The molecule has 3 heterocycles. The second-order valence-electron chi connectivity index (χ2n) is 8.31. The van der Waals surface area contributed by atoms with Crippen molar-refractivity contribution in [1.29, 1.82) is 0 Å². The van der Waals surface area contributed by atoms with Gasteiger partial charge in [0.25, 0.3) is 5.91 Å². The van der Waals surface area contributed by atoms with Gasteiger partial charge in [0.1, 0.15) is 11.9 Å². The molecule has 1 amide bonds. The molecule has 156 valence electrons. The van der Waals surface area contributed by atoms with E-state index in [2.05, 4.69) is 9.89 Å². The lowest BCUT2D eigenvalue weighted by atomic mass is 9.71. The van der Waals surface area contributed by atoms with Gasteiger partial charge in [-0.1, -0.05) is 0 Å². The molecule has 9 nitrogen and oxygen atoms in total. The summed E-state index contributed by atoms with van der Waals surface area (Å²) in [6.45, 7) is 3.40. The number of aliphatic imine (C=N–C) groups is 2. The van der Waals surface area contributed by atoms with Gasteiger partial charge in [-0.3, -0.25) is 4.79 Å². The van der Waals surface area contributed by atoms with Gasteiger partial charge < -0.3 is 30.5 Å². The Kier molecular flexibility index (Phi) is 5.84. The first-order chi connectivity index (χ1) is 13.6. The highest BCUT2D eigenvalue weighted by Crippen LogP contribution is 2.37. The van der Waals surface area contributed by atoms with E-state index in [4.69, 9.17) is 15.5 Å². The van der Waals surface area contributed by atoms with E-state index >= 15 is 0 Å². The molecule has 0 radical (unpaired) electrons. The number of amidine groups is 1. The summed E-state index contributed by atoms with van der Waals surface area (Å²) in [6.07, 6.45) is 2.92. The molecule has 0 spiro atoms. The summed E-state index contributed by atoms with van der Waals surface area (Å²) >= 11 is 0. The third-order valence-corrected chi connectivity index (χ3v) is 6.67. The van der Waals surface area contributed by atoms with Crippen molar-refractivity contribution in [2.45, 2.75) is 37.8 Å². The number of aliphatic hydroxyl groups is 2. The number of guanidine groups is 1. The SMILES string of the molecule is NC1=NC(N2CCN(C(=O)C3CCCO3)CC2)=NC2CC(CO)C(CO)CC12. The maximum absolute atomic E-state index is 12.5. The zero-order valence-electron chi connectivity index (χ0n) is 16.2. The van der Waals surface area contributed by atoms with Gasteiger partial charge in [0.2, 0.25) is 5.96 Å². The Balaban J connectivity index is 1.39. The smallest absolute Gasteiger partial charge is 0.251 e. The number of nitrogens with zero attached hydrogens (tertiary/aromatic N) is 4. The number of hydrogen-bond donors (Lipinski definition) is 3. The number of amides is 1. The summed E-state index contributed by atoms with van der Waals surface area (Å²) in [5.41, 5.74) is 6.27. The Hall–Kier alpha value is -1.71. The number of piperazine rings is 1. The molecule has 3 fully saturated rings. The Morgan fingerprint density at radius 2 is 1.86 bits per heavy atom. The molecule has 5 atom stereocenters. The number of nitrogens with two attached hydrogens (primary N) is 1.